The molecule has 1 fully saturated rings. The molecule has 4 rings (SSSR count). The van der Waals surface area contributed by atoms with Gasteiger partial charge in [0.15, 0.2) is 15.8 Å². The first kappa shape index (κ1) is 23.4. The standard InChI is InChI=1S/C29H38OPSi/c1-27(2,3)28(4,23-21-22-23)29(5,30-32)31(24-15-9-6-10-16-24,25-17-11-7-12-18-25)26-19-13-8-14-20-26/h6-20,23H,21-22H2,1-5,32H3/q+1/t28-,29?/m0/s1. The van der Waals surface area contributed by atoms with Crippen LogP contribution in [-0.2, 0) is 4.43 Å². The van der Waals surface area contributed by atoms with Crippen LogP contribution in [0.2, 0.25) is 0 Å². The highest BCUT2D eigenvalue weighted by atomic mass is 31.2. The first-order valence-electron chi connectivity index (χ1n) is 11.8. The van der Waals surface area contributed by atoms with E-state index in [4.69, 9.17) is 4.43 Å². The zero-order valence-electron chi connectivity index (χ0n) is 20.5. The Kier molecular flexibility index (Phi) is 6.27. The molecule has 3 aromatic carbocycles. The Morgan fingerprint density at radius 2 is 1.00 bits per heavy atom. The van der Waals surface area contributed by atoms with Crippen molar-refractivity contribution in [3.05, 3.63) is 91.0 Å². The smallest absolute Gasteiger partial charge is 0.184 e. The highest BCUT2D eigenvalue weighted by Crippen LogP contribution is 2.77. The minimum Gasteiger partial charge on any atom is -0.392 e. The van der Waals surface area contributed by atoms with Gasteiger partial charge in [-0.1, -0.05) is 82.3 Å². The van der Waals surface area contributed by atoms with Crippen molar-refractivity contribution >= 4 is 33.7 Å². The van der Waals surface area contributed by atoms with Gasteiger partial charge < -0.3 is 4.43 Å². The lowest BCUT2D eigenvalue weighted by atomic mass is 9.61. The van der Waals surface area contributed by atoms with Crippen molar-refractivity contribution in [3.8, 4) is 0 Å². The molecule has 0 aliphatic heterocycles. The molecule has 0 radical (unpaired) electrons. The second-order valence-corrected chi connectivity index (χ2v) is 14.7. The SMILES string of the molecule is CC(C)(C)[C@](C)(C1CC1)C(C)(O[SiH3])[P+](c1ccccc1)(c1ccccc1)c1ccccc1. The van der Waals surface area contributed by atoms with E-state index in [-0.39, 0.29) is 16.2 Å². The molecule has 3 heteroatoms. The Hall–Kier alpha value is -1.73. The second kappa shape index (κ2) is 8.56. The van der Waals surface area contributed by atoms with Crippen LogP contribution in [0.5, 0.6) is 0 Å². The molecule has 1 saturated carbocycles. The summed E-state index contributed by atoms with van der Waals surface area (Å²) in [5.41, 5.74) is 0.105. The van der Waals surface area contributed by atoms with Crippen LogP contribution in [0.1, 0.15) is 47.5 Å². The third kappa shape index (κ3) is 3.34. The molecule has 0 saturated heterocycles. The van der Waals surface area contributed by atoms with Crippen molar-refractivity contribution in [2.24, 2.45) is 16.7 Å². The van der Waals surface area contributed by atoms with Crippen molar-refractivity contribution in [1.82, 2.24) is 0 Å². The predicted molar refractivity (Wildman–Crippen MR) is 145 cm³/mol. The Morgan fingerprint density at radius 1 is 0.656 bits per heavy atom. The molecule has 3 aromatic rings. The van der Waals surface area contributed by atoms with E-state index in [2.05, 4.69) is 126 Å². The fourth-order valence-electron chi connectivity index (χ4n) is 6.19. The van der Waals surface area contributed by atoms with Crippen LogP contribution in [0.25, 0.3) is 0 Å². The molecule has 1 nitrogen and oxygen atoms in total. The molecule has 0 amide bonds. The van der Waals surface area contributed by atoms with E-state index >= 15 is 0 Å². The lowest BCUT2D eigenvalue weighted by Crippen LogP contribution is -2.61. The summed E-state index contributed by atoms with van der Waals surface area (Å²) in [5, 5.41) is 3.89. The maximum Gasteiger partial charge on any atom is 0.184 e. The average molecular weight is 462 g/mol. The zero-order chi connectivity index (χ0) is 23.0. The van der Waals surface area contributed by atoms with Crippen molar-refractivity contribution in [2.75, 3.05) is 0 Å². The molecule has 0 spiro atoms. The van der Waals surface area contributed by atoms with Crippen LogP contribution in [0.3, 0.4) is 0 Å². The van der Waals surface area contributed by atoms with Crippen molar-refractivity contribution in [3.63, 3.8) is 0 Å². The van der Waals surface area contributed by atoms with E-state index in [1.54, 1.807) is 0 Å². The van der Waals surface area contributed by atoms with Gasteiger partial charge in [0.25, 0.3) is 0 Å². The monoisotopic (exact) mass is 461 g/mol. The maximum atomic E-state index is 7.05. The quantitative estimate of drug-likeness (QED) is 0.336. The predicted octanol–water partition coefficient (Wildman–Crippen LogP) is 5.46. The third-order valence-electron chi connectivity index (χ3n) is 8.38. The molecule has 1 unspecified atom stereocenters. The van der Waals surface area contributed by atoms with E-state index < -0.39 is 7.26 Å². The molecule has 1 aliphatic carbocycles. The fraction of sp³-hybridized carbons (Fsp3) is 0.379. The third-order valence-corrected chi connectivity index (χ3v) is 14.7. The van der Waals surface area contributed by atoms with Gasteiger partial charge in [0, 0.05) is 12.3 Å². The van der Waals surface area contributed by atoms with E-state index in [1.807, 2.05) is 0 Å². The molecule has 2 atom stereocenters. The highest BCUT2D eigenvalue weighted by molar-refractivity contribution is 7.96. The summed E-state index contributed by atoms with van der Waals surface area (Å²) < 4.78 is 7.05. The Labute approximate surface area is 198 Å². The summed E-state index contributed by atoms with van der Waals surface area (Å²) in [6.07, 6.45) is 2.60. The summed E-state index contributed by atoms with van der Waals surface area (Å²) in [6, 6.07) is 33.7. The van der Waals surface area contributed by atoms with Gasteiger partial charge >= 0.3 is 0 Å². The fourth-order valence-corrected chi connectivity index (χ4v) is 13.2. The average Bonchev–Trinajstić information content (AvgIpc) is 3.66. The van der Waals surface area contributed by atoms with E-state index in [9.17, 15) is 0 Å². The van der Waals surface area contributed by atoms with Crippen molar-refractivity contribution in [1.29, 1.82) is 0 Å². The molecular weight excluding hydrogens is 423 g/mol. The Bertz CT molecular complexity index is 930. The van der Waals surface area contributed by atoms with Gasteiger partial charge in [0.2, 0.25) is 0 Å². The van der Waals surface area contributed by atoms with Crippen molar-refractivity contribution < 1.29 is 4.43 Å². The van der Waals surface area contributed by atoms with E-state index in [1.165, 1.54) is 28.8 Å². The molecule has 0 bridgehead atoms. The largest absolute Gasteiger partial charge is 0.392 e. The topological polar surface area (TPSA) is 9.23 Å². The number of benzene rings is 3. The van der Waals surface area contributed by atoms with Crippen LogP contribution in [0, 0.1) is 16.7 Å². The molecular formula is C29H38OPSi+. The highest BCUT2D eigenvalue weighted by Gasteiger charge is 2.73. The lowest BCUT2D eigenvalue weighted by Gasteiger charge is -2.57. The van der Waals surface area contributed by atoms with Gasteiger partial charge in [-0.3, -0.25) is 0 Å². The van der Waals surface area contributed by atoms with Crippen LogP contribution >= 0.6 is 7.26 Å². The summed E-state index contributed by atoms with van der Waals surface area (Å²) in [6.45, 7) is 12.3. The van der Waals surface area contributed by atoms with Gasteiger partial charge in [-0.05, 0) is 60.6 Å². The summed E-state index contributed by atoms with van der Waals surface area (Å²) in [5.74, 6) is 0.678. The first-order valence-corrected chi connectivity index (χ1v) is 14.4. The van der Waals surface area contributed by atoms with Crippen LogP contribution in [0.15, 0.2) is 91.0 Å². The maximum absolute atomic E-state index is 7.05. The molecule has 0 heterocycles. The van der Waals surface area contributed by atoms with E-state index in [0.717, 1.165) is 0 Å². The lowest BCUT2D eigenvalue weighted by molar-refractivity contribution is -0.0577. The zero-order valence-corrected chi connectivity index (χ0v) is 23.4. The Morgan fingerprint density at radius 3 is 1.25 bits per heavy atom. The number of rotatable bonds is 7. The number of hydrogen-bond donors (Lipinski definition) is 0. The minimum absolute atomic E-state index is 0.0110. The molecule has 32 heavy (non-hydrogen) atoms. The van der Waals surface area contributed by atoms with Crippen LogP contribution < -0.4 is 15.9 Å². The van der Waals surface area contributed by atoms with Gasteiger partial charge in [-0.25, -0.2) is 0 Å². The summed E-state index contributed by atoms with van der Waals surface area (Å²) in [4.78, 5) is 0. The normalized spacial score (nSPS) is 18.7. The van der Waals surface area contributed by atoms with Gasteiger partial charge in [0.05, 0.1) is 0 Å². The molecule has 0 aromatic heterocycles. The van der Waals surface area contributed by atoms with Gasteiger partial charge in [-0.2, -0.15) is 0 Å². The van der Waals surface area contributed by atoms with Crippen LogP contribution in [0.4, 0.5) is 0 Å². The summed E-state index contributed by atoms with van der Waals surface area (Å²) in [7, 11) is -1.50. The Balaban J connectivity index is 2.19. The second-order valence-electron chi connectivity index (χ2n) is 10.6. The molecule has 168 valence electrons. The summed E-state index contributed by atoms with van der Waals surface area (Å²) >= 11 is 0. The van der Waals surface area contributed by atoms with E-state index in [0.29, 0.717) is 16.4 Å². The van der Waals surface area contributed by atoms with Crippen LogP contribution in [-0.4, -0.2) is 15.8 Å². The number of hydrogen-bond acceptors (Lipinski definition) is 1. The first-order chi connectivity index (χ1) is 15.2. The minimum atomic E-state index is -2.19. The van der Waals surface area contributed by atoms with Gasteiger partial charge in [0.1, 0.15) is 23.2 Å². The molecule has 0 N–H and O–H groups in total. The molecule has 1 aliphatic rings. The van der Waals surface area contributed by atoms with Gasteiger partial charge in [-0.15, -0.1) is 0 Å². The van der Waals surface area contributed by atoms with Crippen molar-refractivity contribution in [2.45, 2.75) is 52.8 Å².